The molecule has 8 nitrogen and oxygen atoms in total. The fraction of sp³-hybridized carbons (Fsp3) is 0.350. The van der Waals surface area contributed by atoms with E-state index in [1.54, 1.807) is 22.1 Å². The highest BCUT2D eigenvalue weighted by atomic mass is 32.2. The van der Waals surface area contributed by atoms with Crippen LogP contribution in [-0.2, 0) is 30.8 Å². The summed E-state index contributed by atoms with van der Waals surface area (Å²) in [6, 6.07) is 7.60. The molecule has 0 aliphatic carbocycles. The fourth-order valence-electron chi connectivity index (χ4n) is 3.75. The molecule has 3 aliphatic heterocycles. The summed E-state index contributed by atoms with van der Waals surface area (Å²) in [7, 11) is -3.63. The number of rotatable bonds is 3. The predicted molar refractivity (Wildman–Crippen MR) is 108 cm³/mol. The number of sulfonamides is 1. The van der Waals surface area contributed by atoms with Gasteiger partial charge in [-0.15, -0.1) is 4.40 Å². The van der Waals surface area contributed by atoms with Crippen molar-refractivity contribution in [1.82, 2.24) is 4.90 Å². The van der Waals surface area contributed by atoms with E-state index in [0.717, 1.165) is 17.7 Å². The van der Waals surface area contributed by atoms with Gasteiger partial charge in [-0.3, -0.25) is 4.79 Å². The number of anilines is 1. The SMILES string of the molecule is C[C@@H]1Cc2ccccc2N1C(=O)[C@@H](C)OC(=O)C1=CC=CN2CCS(=O)(=O)N=C12. The average Bonchev–Trinajstić information content (AvgIpc) is 3.01. The monoisotopic (exact) mass is 415 g/mol. The van der Waals surface area contributed by atoms with Crippen LogP contribution >= 0.6 is 0 Å². The van der Waals surface area contributed by atoms with E-state index in [0.29, 0.717) is 0 Å². The maximum absolute atomic E-state index is 13.0. The van der Waals surface area contributed by atoms with Crippen LogP contribution in [0.3, 0.4) is 0 Å². The summed E-state index contributed by atoms with van der Waals surface area (Å²) in [5.74, 6) is -1.19. The normalized spacial score (nSPS) is 22.9. The first-order chi connectivity index (χ1) is 13.8. The molecular formula is C20H21N3O5S. The third-order valence-electron chi connectivity index (χ3n) is 5.15. The van der Waals surface area contributed by atoms with Crippen LogP contribution in [0.15, 0.2) is 52.6 Å². The number of amides is 1. The minimum absolute atomic E-state index is 0.0188. The zero-order valence-corrected chi connectivity index (χ0v) is 16.9. The molecule has 2 atom stereocenters. The number of carbonyl (C=O) groups is 2. The smallest absolute Gasteiger partial charge is 0.342 e. The van der Waals surface area contributed by atoms with Crippen molar-refractivity contribution in [1.29, 1.82) is 0 Å². The van der Waals surface area contributed by atoms with Gasteiger partial charge in [0.2, 0.25) is 0 Å². The van der Waals surface area contributed by atoms with Crippen molar-refractivity contribution < 1.29 is 22.7 Å². The van der Waals surface area contributed by atoms with Crippen LogP contribution in [0, 0.1) is 0 Å². The molecule has 0 N–H and O–H groups in total. The predicted octanol–water partition coefficient (Wildman–Crippen LogP) is 1.39. The standard InChI is InChI=1S/C20H21N3O5S/c1-13-12-15-6-3-4-8-17(15)23(13)19(24)14(2)28-20(25)16-7-5-9-22-10-11-29(26,27)21-18(16)22/h3-9,13-14H,10-12H2,1-2H3/t13-,14-/m1/s1. The lowest BCUT2D eigenvalue weighted by Gasteiger charge is -2.29. The lowest BCUT2D eigenvalue weighted by molar-refractivity contribution is -0.149. The number of esters is 1. The average molecular weight is 415 g/mol. The highest BCUT2D eigenvalue weighted by molar-refractivity contribution is 7.90. The van der Waals surface area contributed by atoms with Gasteiger partial charge in [-0.25, -0.2) is 13.2 Å². The van der Waals surface area contributed by atoms with Crippen molar-refractivity contribution in [2.24, 2.45) is 4.40 Å². The van der Waals surface area contributed by atoms with E-state index in [1.165, 1.54) is 13.0 Å². The number of fused-ring (bicyclic) bond motifs is 2. The van der Waals surface area contributed by atoms with E-state index in [9.17, 15) is 18.0 Å². The van der Waals surface area contributed by atoms with Gasteiger partial charge in [0.15, 0.2) is 11.9 Å². The number of hydrogen-bond donors (Lipinski definition) is 0. The van der Waals surface area contributed by atoms with Crippen molar-refractivity contribution in [2.45, 2.75) is 32.4 Å². The van der Waals surface area contributed by atoms with E-state index < -0.39 is 22.1 Å². The Bertz CT molecular complexity index is 1070. The first-order valence-corrected chi connectivity index (χ1v) is 11.0. The van der Waals surface area contributed by atoms with E-state index in [4.69, 9.17) is 4.74 Å². The summed E-state index contributed by atoms with van der Waals surface area (Å²) in [6.45, 7) is 3.67. The Kier molecular flexibility index (Phi) is 4.77. The van der Waals surface area contributed by atoms with Crippen molar-refractivity contribution in [2.75, 3.05) is 17.2 Å². The first kappa shape index (κ1) is 19.4. The molecule has 0 radical (unpaired) electrons. The summed E-state index contributed by atoms with van der Waals surface area (Å²) < 4.78 is 32.8. The Balaban J connectivity index is 1.53. The lowest BCUT2D eigenvalue weighted by Crippen LogP contribution is -2.44. The maximum atomic E-state index is 13.0. The number of hydrogen-bond acceptors (Lipinski definition) is 6. The second-order valence-corrected chi connectivity index (χ2v) is 9.01. The Morgan fingerprint density at radius 1 is 1.28 bits per heavy atom. The molecule has 1 aromatic carbocycles. The molecule has 3 heterocycles. The van der Waals surface area contributed by atoms with Gasteiger partial charge in [-0.1, -0.05) is 18.2 Å². The van der Waals surface area contributed by atoms with Gasteiger partial charge < -0.3 is 14.5 Å². The summed E-state index contributed by atoms with van der Waals surface area (Å²) >= 11 is 0. The summed E-state index contributed by atoms with van der Waals surface area (Å²) in [6.07, 6.45) is 4.43. The van der Waals surface area contributed by atoms with E-state index in [2.05, 4.69) is 4.40 Å². The molecule has 152 valence electrons. The Morgan fingerprint density at radius 3 is 2.83 bits per heavy atom. The molecule has 1 aromatic rings. The highest BCUT2D eigenvalue weighted by Gasteiger charge is 2.36. The van der Waals surface area contributed by atoms with Gasteiger partial charge in [0.05, 0.1) is 5.75 Å². The lowest BCUT2D eigenvalue weighted by atomic mass is 10.1. The highest BCUT2D eigenvalue weighted by Crippen LogP contribution is 2.32. The van der Waals surface area contributed by atoms with E-state index in [1.807, 2.05) is 31.2 Å². The van der Waals surface area contributed by atoms with Gasteiger partial charge in [0.25, 0.3) is 15.9 Å². The number of para-hydroxylation sites is 1. The molecule has 0 saturated carbocycles. The van der Waals surface area contributed by atoms with Crippen LogP contribution in [0.2, 0.25) is 0 Å². The van der Waals surface area contributed by atoms with Gasteiger partial charge in [0, 0.05) is 24.5 Å². The molecule has 3 aliphatic rings. The molecule has 29 heavy (non-hydrogen) atoms. The number of allylic oxidation sites excluding steroid dienone is 2. The Labute approximate surface area is 169 Å². The zero-order valence-electron chi connectivity index (χ0n) is 16.1. The van der Waals surface area contributed by atoms with E-state index in [-0.39, 0.29) is 35.7 Å². The van der Waals surface area contributed by atoms with Crippen LogP contribution < -0.4 is 4.90 Å². The van der Waals surface area contributed by atoms with Crippen LogP contribution in [0.1, 0.15) is 19.4 Å². The van der Waals surface area contributed by atoms with Crippen LogP contribution in [0.5, 0.6) is 0 Å². The maximum Gasteiger partial charge on any atom is 0.342 e. The molecule has 4 rings (SSSR count). The van der Waals surface area contributed by atoms with Crippen LogP contribution in [0.4, 0.5) is 5.69 Å². The number of amidine groups is 1. The van der Waals surface area contributed by atoms with Crippen LogP contribution in [-0.4, -0.2) is 55.5 Å². The first-order valence-electron chi connectivity index (χ1n) is 9.37. The second kappa shape index (κ2) is 7.14. The molecule has 0 saturated heterocycles. The zero-order chi connectivity index (χ0) is 20.8. The van der Waals surface area contributed by atoms with Crippen molar-refractivity contribution in [3.8, 4) is 0 Å². The summed E-state index contributed by atoms with van der Waals surface area (Å²) in [4.78, 5) is 29.0. The third kappa shape index (κ3) is 3.57. The van der Waals surface area contributed by atoms with Crippen molar-refractivity contribution in [3.05, 3.63) is 53.8 Å². The number of ether oxygens (including phenoxy) is 1. The van der Waals surface area contributed by atoms with Gasteiger partial charge >= 0.3 is 5.97 Å². The van der Waals surface area contributed by atoms with E-state index >= 15 is 0 Å². The molecule has 0 spiro atoms. The summed E-state index contributed by atoms with van der Waals surface area (Å²) in [5.41, 5.74) is 1.91. The minimum atomic E-state index is -3.63. The minimum Gasteiger partial charge on any atom is -0.449 e. The van der Waals surface area contributed by atoms with Gasteiger partial charge in [-0.2, -0.15) is 0 Å². The summed E-state index contributed by atoms with van der Waals surface area (Å²) in [5, 5.41) is 0. The molecular weight excluding hydrogens is 394 g/mol. The molecule has 0 bridgehead atoms. The quantitative estimate of drug-likeness (QED) is 0.693. The number of nitrogens with zero attached hydrogens (tertiary/aromatic N) is 3. The Hall–Kier alpha value is -2.94. The van der Waals surface area contributed by atoms with Crippen LogP contribution in [0.25, 0.3) is 0 Å². The number of carbonyl (C=O) groups excluding carboxylic acids is 2. The van der Waals surface area contributed by atoms with Gasteiger partial charge in [-0.05, 0) is 44.1 Å². The molecule has 0 fully saturated rings. The van der Waals surface area contributed by atoms with Gasteiger partial charge in [0.1, 0.15) is 5.57 Å². The molecule has 0 unspecified atom stereocenters. The molecule has 9 heteroatoms. The molecule has 0 aromatic heterocycles. The topological polar surface area (TPSA) is 96.4 Å². The van der Waals surface area contributed by atoms with Crippen molar-refractivity contribution >= 4 is 33.4 Å². The van der Waals surface area contributed by atoms with Crippen molar-refractivity contribution in [3.63, 3.8) is 0 Å². The fourth-order valence-corrected chi connectivity index (χ4v) is 4.73. The number of benzene rings is 1. The largest absolute Gasteiger partial charge is 0.449 e. The second-order valence-electron chi connectivity index (χ2n) is 7.25. The molecule has 1 amide bonds. The third-order valence-corrected chi connectivity index (χ3v) is 6.30. The Morgan fingerprint density at radius 2 is 2.03 bits per heavy atom.